The number of carbonyl (C=O) groups excluding carboxylic acids is 1. The van der Waals surface area contributed by atoms with Crippen LogP contribution in [0.3, 0.4) is 0 Å². The number of ether oxygens (including phenoxy) is 1. The van der Waals surface area contributed by atoms with Crippen molar-refractivity contribution in [1.29, 1.82) is 0 Å². The molecule has 1 saturated carbocycles. The van der Waals surface area contributed by atoms with E-state index in [-0.39, 0.29) is 35.9 Å². The molecule has 0 bridgehead atoms. The maximum atomic E-state index is 12.9. The Labute approximate surface area is 167 Å². The number of carbonyl (C=O) groups is 1. The Morgan fingerprint density at radius 1 is 1.44 bits per heavy atom. The average molecular weight is 401 g/mol. The quantitative estimate of drug-likeness (QED) is 0.752. The molecule has 1 spiro atoms. The second-order valence-electron chi connectivity index (χ2n) is 8.17. The van der Waals surface area contributed by atoms with Crippen LogP contribution in [0.15, 0.2) is 6.07 Å². The van der Waals surface area contributed by atoms with E-state index < -0.39 is 0 Å². The molecule has 1 aromatic heterocycles. The average Bonchev–Trinajstić information content (AvgIpc) is 2.97. The maximum absolute atomic E-state index is 12.9. The normalized spacial score (nSPS) is 24.0. The minimum atomic E-state index is -0.336. The number of aromatic nitrogens is 2. The van der Waals surface area contributed by atoms with Gasteiger partial charge in [0, 0.05) is 38.5 Å². The number of likely N-dealkylation sites (tertiary alicyclic amines) is 1. The van der Waals surface area contributed by atoms with Crippen LogP contribution in [0.25, 0.3) is 0 Å². The van der Waals surface area contributed by atoms with E-state index in [2.05, 4.69) is 18.9 Å². The van der Waals surface area contributed by atoms with Gasteiger partial charge in [-0.1, -0.05) is 13.8 Å². The van der Waals surface area contributed by atoms with Crippen LogP contribution in [0, 0.1) is 11.3 Å². The highest BCUT2D eigenvalue weighted by molar-refractivity contribution is 5.92. The van der Waals surface area contributed by atoms with Gasteiger partial charge in [-0.05, 0) is 31.2 Å². The van der Waals surface area contributed by atoms with Crippen molar-refractivity contribution >= 4 is 18.3 Å². The molecule has 7 nitrogen and oxygen atoms in total. The van der Waals surface area contributed by atoms with Crippen molar-refractivity contribution < 1.29 is 14.6 Å². The van der Waals surface area contributed by atoms with Crippen LogP contribution >= 0.6 is 12.4 Å². The topological polar surface area (TPSA) is 93.6 Å². The van der Waals surface area contributed by atoms with Crippen molar-refractivity contribution in [2.75, 3.05) is 26.2 Å². The van der Waals surface area contributed by atoms with Crippen LogP contribution < -0.4 is 5.73 Å². The molecule has 0 aromatic carbocycles. The standard InChI is InChI=1S/C19H32N4O3.ClH/c1-13(2)10-14-11-15(22(3)21-14)18(25)23-7-4-19(5-8-23)16(24)12-17(19)26-9-6-20;/h11,13,16-17,24H,4-10,12,20H2,1-3H3;1H/t16-,17+;/m1./s1. The summed E-state index contributed by atoms with van der Waals surface area (Å²) in [7, 11) is 1.83. The first-order valence-corrected chi connectivity index (χ1v) is 9.69. The zero-order valence-corrected chi connectivity index (χ0v) is 17.4. The zero-order chi connectivity index (χ0) is 18.9. The third-order valence-corrected chi connectivity index (χ3v) is 5.93. The van der Waals surface area contributed by atoms with Crippen LogP contribution in [0.5, 0.6) is 0 Å². The van der Waals surface area contributed by atoms with Gasteiger partial charge in [0.2, 0.25) is 0 Å². The maximum Gasteiger partial charge on any atom is 0.272 e. The van der Waals surface area contributed by atoms with Crippen LogP contribution in [-0.2, 0) is 18.2 Å². The lowest BCUT2D eigenvalue weighted by Gasteiger charge is -2.56. The van der Waals surface area contributed by atoms with Gasteiger partial charge in [0.15, 0.2) is 0 Å². The van der Waals surface area contributed by atoms with E-state index in [1.54, 1.807) is 4.68 Å². The Hall–Kier alpha value is -1.15. The number of hydrogen-bond acceptors (Lipinski definition) is 5. The second kappa shape index (κ2) is 8.90. The lowest BCUT2D eigenvalue weighted by atomic mass is 9.58. The monoisotopic (exact) mass is 400 g/mol. The van der Waals surface area contributed by atoms with E-state index in [1.807, 2.05) is 18.0 Å². The fourth-order valence-electron chi connectivity index (χ4n) is 4.36. The lowest BCUT2D eigenvalue weighted by molar-refractivity contribution is -0.208. The van der Waals surface area contributed by atoms with Crippen molar-refractivity contribution in [3.05, 3.63) is 17.5 Å². The van der Waals surface area contributed by atoms with E-state index in [4.69, 9.17) is 10.5 Å². The van der Waals surface area contributed by atoms with Gasteiger partial charge >= 0.3 is 0 Å². The molecule has 2 heterocycles. The van der Waals surface area contributed by atoms with Crippen molar-refractivity contribution in [1.82, 2.24) is 14.7 Å². The van der Waals surface area contributed by atoms with Gasteiger partial charge in [0.25, 0.3) is 5.91 Å². The molecular weight excluding hydrogens is 368 g/mol. The number of hydrogen-bond donors (Lipinski definition) is 2. The third kappa shape index (κ3) is 4.31. The SMILES string of the molecule is CC(C)Cc1cc(C(=O)N2CCC3(CC2)[C@H](O)C[C@@H]3OCCN)n(C)n1.Cl. The minimum Gasteiger partial charge on any atom is -0.392 e. The number of aliphatic hydroxyl groups is 1. The van der Waals surface area contributed by atoms with Crippen molar-refractivity contribution in [2.45, 2.75) is 51.7 Å². The van der Waals surface area contributed by atoms with E-state index in [1.165, 1.54) is 0 Å². The molecule has 1 aliphatic heterocycles. The summed E-state index contributed by atoms with van der Waals surface area (Å²) in [5.41, 5.74) is 6.93. The summed E-state index contributed by atoms with van der Waals surface area (Å²) in [6, 6.07) is 1.91. The smallest absolute Gasteiger partial charge is 0.272 e. The Morgan fingerprint density at radius 3 is 2.67 bits per heavy atom. The molecule has 1 aliphatic carbocycles. The third-order valence-electron chi connectivity index (χ3n) is 5.93. The van der Waals surface area contributed by atoms with Gasteiger partial charge in [-0.3, -0.25) is 9.48 Å². The number of nitrogens with two attached hydrogens (primary N) is 1. The summed E-state index contributed by atoms with van der Waals surface area (Å²) in [6.07, 6.45) is 2.81. The largest absolute Gasteiger partial charge is 0.392 e. The number of aliphatic hydroxyl groups excluding tert-OH is 1. The summed E-state index contributed by atoms with van der Waals surface area (Å²) >= 11 is 0. The molecule has 2 atom stereocenters. The van der Waals surface area contributed by atoms with Crippen molar-refractivity contribution in [2.24, 2.45) is 24.1 Å². The van der Waals surface area contributed by atoms with Crippen LogP contribution in [0.1, 0.15) is 49.3 Å². The fraction of sp³-hybridized carbons (Fsp3) is 0.789. The van der Waals surface area contributed by atoms with Gasteiger partial charge in [-0.15, -0.1) is 12.4 Å². The number of nitrogens with zero attached hydrogens (tertiary/aromatic N) is 3. The molecule has 27 heavy (non-hydrogen) atoms. The van der Waals surface area contributed by atoms with Gasteiger partial charge in [-0.2, -0.15) is 5.10 Å². The number of piperidine rings is 1. The predicted octanol–water partition coefficient (Wildman–Crippen LogP) is 1.37. The predicted molar refractivity (Wildman–Crippen MR) is 106 cm³/mol. The van der Waals surface area contributed by atoms with Crippen LogP contribution in [0.4, 0.5) is 0 Å². The molecule has 3 rings (SSSR count). The molecule has 0 unspecified atom stereocenters. The molecule has 1 aromatic rings. The number of rotatable bonds is 6. The van der Waals surface area contributed by atoms with E-state index in [0.29, 0.717) is 44.3 Å². The fourth-order valence-corrected chi connectivity index (χ4v) is 4.36. The number of amides is 1. The Morgan fingerprint density at radius 2 is 2.11 bits per heavy atom. The second-order valence-corrected chi connectivity index (χ2v) is 8.17. The molecule has 2 fully saturated rings. The Bertz CT molecular complexity index is 641. The van der Waals surface area contributed by atoms with E-state index in [9.17, 15) is 9.90 Å². The van der Waals surface area contributed by atoms with Gasteiger partial charge < -0.3 is 20.5 Å². The first-order chi connectivity index (χ1) is 12.4. The van der Waals surface area contributed by atoms with Crippen LogP contribution in [0.2, 0.25) is 0 Å². The molecule has 3 N–H and O–H groups in total. The van der Waals surface area contributed by atoms with E-state index in [0.717, 1.165) is 25.0 Å². The highest BCUT2D eigenvalue weighted by Crippen LogP contribution is 2.51. The lowest BCUT2D eigenvalue weighted by Crippen LogP contribution is -2.63. The van der Waals surface area contributed by atoms with Gasteiger partial charge in [0.05, 0.1) is 24.5 Å². The summed E-state index contributed by atoms with van der Waals surface area (Å²) in [6.45, 7) is 6.59. The molecular formula is C19H33ClN4O3. The first-order valence-electron chi connectivity index (χ1n) is 9.69. The molecule has 2 aliphatic rings. The van der Waals surface area contributed by atoms with Crippen molar-refractivity contribution in [3.8, 4) is 0 Å². The molecule has 1 saturated heterocycles. The van der Waals surface area contributed by atoms with Gasteiger partial charge in [-0.25, -0.2) is 0 Å². The highest BCUT2D eigenvalue weighted by Gasteiger charge is 2.56. The van der Waals surface area contributed by atoms with Gasteiger partial charge in [0.1, 0.15) is 5.69 Å². The van der Waals surface area contributed by atoms with Crippen molar-refractivity contribution in [3.63, 3.8) is 0 Å². The first kappa shape index (κ1) is 22.1. The van der Waals surface area contributed by atoms with E-state index >= 15 is 0 Å². The number of halogens is 1. The van der Waals surface area contributed by atoms with Crippen LogP contribution in [-0.4, -0.2) is 64.1 Å². The summed E-state index contributed by atoms with van der Waals surface area (Å²) < 4.78 is 7.52. The molecule has 154 valence electrons. The molecule has 8 heteroatoms. The zero-order valence-electron chi connectivity index (χ0n) is 16.6. The summed E-state index contributed by atoms with van der Waals surface area (Å²) in [5, 5.41) is 14.8. The Balaban J connectivity index is 0.00000261. The molecule has 0 radical (unpaired) electrons. The Kier molecular flexibility index (Phi) is 7.30. The number of aryl methyl sites for hydroxylation is 1. The highest BCUT2D eigenvalue weighted by atomic mass is 35.5. The summed E-state index contributed by atoms with van der Waals surface area (Å²) in [5.74, 6) is 0.534. The minimum absolute atomic E-state index is 0. The molecule has 1 amide bonds. The summed E-state index contributed by atoms with van der Waals surface area (Å²) in [4.78, 5) is 14.8.